The lowest BCUT2D eigenvalue weighted by atomic mass is 10.4. The van der Waals surface area contributed by atoms with Crippen LogP contribution in [0.2, 0.25) is 0 Å². The molecule has 0 aromatic carbocycles. The van der Waals surface area contributed by atoms with Gasteiger partial charge in [-0.15, -0.1) is 0 Å². The molecule has 0 aromatic rings. The van der Waals surface area contributed by atoms with Crippen LogP contribution in [-0.4, -0.2) is 120 Å². The minimum absolute atomic E-state index is 0.504. The maximum Gasteiger partial charge on any atom is 0.132 e. The van der Waals surface area contributed by atoms with Crippen molar-refractivity contribution in [2.75, 3.05) is 98.2 Å². The first-order chi connectivity index (χ1) is 12.4. The van der Waals surface area contributed by atoms with Gasteiger partial charge in [0.2, 0.25) is 0 Å². The average molecular weight is 359 g/mol. The summed E-state index contributed by atoms with van der Waals surface area (Å²) < 4.78 is 0. The summed E-state index contributed by atoms with van der Waals surface area (Å²) in [4.78, 5) is 0. The summed E-state index contributed by atoms with van der Waals surface area (Å²) in [5.74, 6) is 0. The molecular formula is C16H38N8O. The van der Waals surface area contributed by atoms with Crippen molar-refractivity contribution in [2.45, 2.75) is 6.23 Å². The minimum Gasteiger partial charge on any atom is -0.376 e. The van der Waals surface area contributed by atoms with Gasteiger partial charge >= 0.3 is 0 Å². The van der Waals surface area contributed by atoms with E-state index in [4.69, 9.17) is 0 Å². The molecule has 1 atom stereocenters. The van der Waals surface area contributed by atoms with Crippen molar-refractivity contribution in [3.63, 3.8) is 0 Å². The summed E-state index contributed by atoms with van der Waals surface area (Å²) in [6.45, 7) is 13.6. The monoisotopic (exact) mass is 358 g/mol. The third-order valence-corrected chi connectivity index (χ3v) is 4.56. The zero-order valence-corrected chi connectivity index (χ0v) is 15.5. The van der Waals surface area contributed by atoms with E-state index in [1.807, 2.05) is 0 Å². The van der Waals surface area contributed by atoms with Gasteiger partial charge in [-0.25, -0.2) is 10.0 Å². The van der Waals surface area contributed by atoms with Crippen LogP contribution in [0.3, 0.4) is 0 Å². The highest BCUT2D eigenvalue weighted by Crippen LogP contribution is 2.03. The van der Waals surface area contributed by atoms with E-state index in [0.717, 1.165) is 91.6 Å². The van der Waals surface area contributed by atoms with E-state index in [2.05, 4.69) is 41.9 Å². The van der Waals surface area contributed by atoms with Crippen molar-refractivity contribution < 1.29 is 5.11 Å². The lowest BCUT2D eigenvalue weighted by Crippen LogP contribution is -2.57. The normalized spacial score (nSPS) is 28.9. The largest absolute Gasteiger partial charge is 0.376 e. The zero-order chi connectivity index (χ0) is 17.6. The van der Waals surface area contributed by atoms with E-state index in [1.165, 1.54) is 0 Å². The van der Waals surface area contributed by atoms with Crippen molar-refractivity contribution in [2.24, 2.45) is 0 Å². The molecule has 2 fully saturated rings. The van der Waals surface area contributed by atoms with Crippen LogP contribution in [-0.2, 0) is 0 Å². The van der Waals surface area contributed by atoms with E-state index in [9.17, 15) is 5.11 Å². The number of hydrogen-bond donors (Lipinski definition) is 7. The van der Waals surface area contributed by atoms with Gasteiger partial charge in [-0.2, -0.15) is 0 Å². The summed E-state index contributed by atoms with van der Waals surface area (Å²) in [6, 6.07) is 0. The topological polar surface area (TPSA) is 98.9 Å². The molecule has 1 unspecified atom stereocenters. The van der Waals surface area contributed by atoms with E-state index in [-0.39, 0.29) is 0 Å². The standard InChI is InChI=1S/C16H38N8O/c25-16-15-22-8-7-18-3-6-21-11-14-24(16)23-12-9-19-4-1-17-2-5-20-10-13-23/h16-22,25H,1-15H2. The molecule has 148 valence electrons. The molecule has 25 heavy (non-hydrogen) atoms. The molecule has 9 nitrogen and oxygen atoms in total. The van der Waals surface area contributed by atoms with Crippen LogP contribution in [0, 0.1) is 0 Å². The molecule has 0 radical (unpaired) electrons. The van der Waals surface area contributed by atoms with Gasteiger partial charge in [0.1, 0.15) is 6.23 Å². The molecule has 0 amide bonds. The van der Waals surface area contributed by atoms with Gasteiger partial charge < -0.3 is 37.0 Å². The Morgan fingerprint density at radius 1 is 0.520 bits per heavy atom. The van der Waals surface area contributed by atoms with Crippen molar-refractivity contribution >= 4 is 0 Å². The molecule has 2 aliphatic heterocycles. The molecule has 0 saturated carbocycles. The minimum atomic E-state index is -0.504. The second-order valence-corrected chi connectivity index (χ2v) is 6.55. The fraction of sp³-hybridized carbons (Fsp3) is 1.00. The molecule has 2 heterocycles. The Hall–Kier alpha value is -0.360. The first kappa shape index (κ1) is 20.9. The summed E-state index contributed by atoms with van der Waals surface area (Å²) in [6.07, 6.45) is -0.504. The maximum atomic E-state index is 10.7. The third-order valence-electron chi connectivity index (χ3n) is 4.56. The Balaban J connectivity index is 1.90. The van der Waals surface area contributed by atoms with E-state index in [0.29, 0.717) is 6.54 Å². The number of rotatable bonds is 1. The lowest BCUT2D eigenvalue weighted by molar-refractivity contribution is -0.136. The Labute approximate surface area is 152 Å². The number of nitrogens with one attached hydrogen (secondary N) is 6. The SMILES string of the molecule is OC1CNCCNCCNCCN1N1CCNCCNCCNCC1. The van der Waals surface area contributed by atoms with Crippen molar-refractivity contribution in [3.05, 3.63) is 0 Å². The van der Waals surface area contributed by atoms with Crippen LogP contribution in [0.15, 0.2) is 0 Å². The summed E-state index contributed by atoms with van der Waals surface area (Å²) in [7, 11) is 0. The van der Waals surface area contributed by atoms with Gasteiger partial charge in [0.25, 0.3) is 0 Å². The van der Waals surface area contributed by atoms with E-state index < -0.39 is 6.23 Å². The molecule has 7 N–H and O–H groups in total. The fourth-order valence-electron chi connectivity index (χ4n) is 3.13. The smallest absolute Gasteiger partial charge is 0.132 e. The summed E-state index contributed by atoms with van der Waals surface area (Å²) in [5, 5.41) is 35.7. The van der Waals surface area contributed by atoms with Crippen molar-refractivity contribution in [1.82, 2.24) is 41.9 Å². The number of nitrogens with zero attached hydrogens (tertiary/aromatic N) is 2. The van der Waals surface area contributed by atoms with Gasteiger partial charge in [-0.1, -0.05) is 0 Å². The number of β-amino-alcohol motifs (C(OH)–C–C–N with tert-alkyl or cyclic N) is 1. The fourth-order valence-corrected chi connectivity index (χ4v) is 3.13. The lowest BCUT2D eigenvalue weighted by Gasteiger charge is -2.39. The number of hydrazine groups is 1. The Morgan fingerprint density at radius 3 is 1.44 bits per heavy atom. The third kappa shape index (κ3) is 9.23. The molecule has 2 rings (SSSR count). The quantitative estimate of drug-likeness (QED) is 0.256. The highest BCUT2D eigenvalue weighted by atomic mass is 16.3. The number of aliphatic hydroxyl groups excluding tert-OH is 1. The van der Waals surface area contributed by atoms with Crippen molar-refractivity contribution in [1.29, 1.82) is 0 Å². The van der Waals surface area contributed by atoms with Gasteiger partial charge in [0.05, 0.1) is 0 Å². The molecule has 9 heteroatoms. The first-order valence-electron chi connectivity index (χ1n) is 9.82. The second-order valence-electron chi connectivity index (χ2n) is 6.55. The van der Waals surface area contributed by atoms with Gasteiger partial charge in [0, 0.05) is 98.2 Å². The molecule has 0 bridgehead atoms. The van der Waals surface area contributed by atoms with Crippen LogP contribution < -0.4 is 31.9 Å². The van der Waals surface area contributed by atoms with Gasteiger partial charge in [0.15, 0.2) is 0 Å². The van der Waals surface area contributed by atoms with Gasteiger partial charge in [-0.05, 0) is 0 Å². The van der Waals surface area contributed by atoms with E-state index >= 15 is 0 Å². The molecule has 0 spiro atoms. The van der Waals surface area contributed by atoms with Crippen molar-refractivity contribution in [3.8, 4) is 0 Å². The Bertz CT molecular complexity index is 311. The van der Waals surface area contributed by atoms with Crippen LogP contribution in [0.1, 0.15) is 0 Å². The molecule has 0 aliphatic carbocycles. The second kappa shape index (κ2) is 13.8. The van der Waals surface area contributed by atoms with Crippen LogP contribution >= 0.6 is 0 Å². The summed E-state index contributed by atoms with van der Waals surface area (Å²) in [5.41, 5.74) is 0. The molecule has 2 saturated heterocycles. The Morgan fingerprint density at radius 2 is 0.920 bits per heavy atom. The molecule has 0 aromatic heterocycles. The van der Waals surface area contributed by atoms with Gasteiger partial charge in [-0.3, -0.25) is 0 Å². The van der Waals surface area contributed by atoms with E-state index in [1.54, 1.807) is 0 Å². The zero-order valence-electron chi connectivity index (χ0n) is 15.5. The highest BCUT2D eigenvalue weighted by Gasteiger charge is 2.22. The predicted octanol–water partition coefficient (Wildman–Crippen LogP) is -3.61. The summed E-state index contributed by atoms with van der Waals surface area (Å²) >= 11 is 0. The Kier molecular flexibility index (Phi) is 11.6. The highest BCUT2D eigenvalue weighted by molar-refractivity contribution is 4.70. The average Bonchev–Trinajstić information content (AvgIpc) is 2.59. The van der Waals surface area contributed by atoms with Crippen LogP contribution in [0.4, 0.5) is 0 Å². The maximum absolute atomic E-state index is 10.7. The first-order valence-corrected chi connectivity index (χ1v) is 9.82. The predicted molar refractivity (Wildman–Crippen MR) is 102 cm³/mol. The van der Waals surface area contributed by atoms with Crippen LogP contribution in [0.5, 0.6) is 0 Å². The number of aliphatic hydroxyl groups is 1. The van der Waals surface area contributed by atoms with Crippen LogP contribution in [0.25, 0.3) is 0 Å². The molecule has 2 aliphatic rings. The number of hydrogen-bond acceptors (Lipinski definition) is 9. The molecular weight excluding hydrogens is 320 g/mol.